The summed E-state index contributed by atoms with van der Waals surface area (Å²) in [5.74, 6) is -2.22. The van der Waals surface area contributed by atoms with E-state index in [0.29, 0.717) is 19.5 Å². The van der Waals surface area contributed by atoms with Crippen molar-refractivity contribution in [1.82, 2.24) is 9.80 Å². The number of hydrogen-bond donors (Lipinski definition) is 1. The summed E-state index contributed by atoms with van der Waals surface area (Å²) < 4.78 is 0. The first kappa shape index (κ1) is 14.8. The first-order chi connectivity index (χ1) is 9.56. The Morgan fingerprint density at radius 2 is 1.85 bits per heavy atom. The summed E-state index contributed by atoms with van der Waals surface area (Å²) in [4.78, 5) is 38.4. The Morgan fingerprint density at radius 1 is 1.20 bits per heavy atom. The third-order valence-corrected chi connectivity index (χ3v) is 4.35. The fourth-order valence-corrected chi connectivity index (χ4v) is 3.23. The first-order valence-corrected chi connectivity index (χ1v) is 7.40. The highest BCUT2D eigenvalue weighted by Gasteiger charge is 2.40. The van der Waals surface area contributed by atoms with Gasteiger partial charge in [0.05, 0.1) is 0 Å². The second-order valence-electron chi connectivity index (χ2n) is 5.55. The highest BCUT2D eigenvalue weighted by atomic mass is 16.4. The highest BCUT2D eigenvalue weighted by Crippen LogP contribution is 2.25. The van der Waals surface area contributed by atoms with E-state index in [0.717, 1.165) is 25.7 Å². The van der Waals surface area contributed by atoms with Crippen LogP contribution in [0.5, 0.6) is 0 Å². The molecule has 20 heavy (non-hydrogen) atoms. The van der Waals surface area contributed by atoms with Crippen LogP contribution in [-0.2, 0) is 14.4 Å². The Labute approximate surface area is 118 Å². The minimum Gasteiger partial charge on any atom is -0.480 e. The quantitative estimate of drug-likeness (QED) is 0.776. The van der Waals surface area contributed by atoms with E-state index in [1.807, 2.05) is 0 Å². The lowest BCUT2D eigenvalue weighted by molar-refractivity contribution is -0.164. The van der Waals surface area contributed by atoms with E-state index < -0.39 is 23.8 Å². The second kappa shape index (κ2) is 6.24. The maximum absolute atomic E-state index is 12.2. The highest BCUT2D eigenvalue weighted by molar-refractivity contribution is 6.35. The number of carbonyl (C=O) groups is 3. The van der Waals surface area contributed by atoms with Gasteiger partial charge in [-0.2, -0.15) is 0 Å². The molecule has 0 aromatic carbocycles. The predicted octanol–water partition coefficient (Wildman–Crippen LogP) is 0.853. The lowest BCUT2D eigenvalue weighted by atomic mass is 9.93. The Balaban J connectivity index is 2.06. The summed E-state index contributed by atoms with van der Waals surface area (Å²) >= 11 is 0. The zero-order chi connectivity index (χ0) is 14.7. The van der Waals surface area contributed by atoms with Crippen molar-refractivity contribution in [3.63, 3.8) is 0 Å². The predicted molar refractivity (Wildman–Crippen MR) is 72.0 cm³/mol. The summed E-state index contributed by atoms with van der Waals surface area (Å²) in [5, 5.41) is 9.13. The van der Waals surface area contributed by atoms with Gasteiger partial charge in [0.25, 0.3) is 0 Å². The van der Waals surface area contributed by atoms with Gasteiger partial charge >= 0.3 is 17.8 Å². The molecule has 1 aliphatic carbocycles. The van der Waals surface area contributed by atoms with Gasteiger partial charge in [0.15, 0.2) is 0 Å². The van der Waals surface area contributed by atoms with E-state index in [9.17, 15) is 14.4 Å². The molecule has 1 saturated heterocycles. The fraction of sp³-hybridized carbons (Fsp3) is 0.786. The van der Waals surface area contributed by atoms with Crippen molar-refractivity contribution in [1.29, 1.82) is 0 Å². The van der Waals surface area contributed by atoms with Crippen LogP contribution in [0.25, 0.3) is 0 Å². The van der Waals surface area contributed by atoms with E-state index in [1.54, 1.807) is 11.8 Å². The standard InChI is InChI=1S/C14H22N2O4/c1-2-11(14(19)20)16-9-8-15(12(17)13(16)18)10-6-4-3-5-7-10/h10-11H,2-9H2,1H3,(H,19,20)/t11-/m0/s1. The molecule has 1 N–H and O–H groups in total. The van der Waals surface area contributed by atoms with Gasteiger partial charge in [0.2, 0.25) is 0 Å². The maximum atomic E-state index is 12.2. The largest absolute Gasteiger partial charge is 0.480 e. The molecule has 1 atom stereocenters. The Kier molecular flexibility index (Phi) is 4.62. The SMILES string of the molecule is CC[C@@H](C(=O)O)N1CCN(C2CCCCC2)C(=O)C1=O. The third-order valence-electron chi connectivity index (χ3n) is 4.35. The zero-order valence-corrected chi connectivity index (χ0v) is 11.9. The Morgan fingerprint density at radius 3 is 2.40 bits per heavy atom. The van der Waals surface area contributed by atoms with E-state index in [-0.39, 0.29) is 6.04 Å². The molecule has 1 aliphatic heterocycles. The Hall–Kier alpha value is -1.59. The van der Waals surface area contributed by atoms with Gasteiger partial charge in [-0.25, -0.2) is 4.79 Å². The van der Waals surface area contributed by atoms with Crippen molar-refractivity contribution >= 4 is 17.8 Å². The topological polar surface area (TPSA) is 77.9 Å². The molecule has 6 heteroatoms. The summed E-state index contributed by atoms with van der Waals surface area (Å²) in [7, 11) is 0. The van der Waals surface area contributed by atoms with Gasteiger partial charge in [-0.05, 0) is 19.3 Å². The van der Waals surface area contributed by atoms with Crippen molar-refractivity contribution in [2.75, 3.05) is 13.1 Å². The maximum Gasteiger partial charge on any atom is 0.326 e. The van der Waals surface area contributed by atoms with E-state index in [2.05, 4.69) is 0 Å². The number of aliphatic carboxylic acids is 1. The van der Waals surface area contributed by atoms with Gasteiger partial charge < -0.3 is 14.9 Å². The monoisotopic (exact) mass is 282 g/mol. The third kappa shape index (κ3) is 2.78. The lowest BCUT2D eigenvalue weighted by Crippen LogP contribution is -2.61. The van der Waals surface area contributed by atoms with Crippen molar-refractivity contribution in [3.8, 4) is 0 Å². The minimum atomic E-state index is -1.04. The number of amides is 2. The van der Waals surface area contributed by atoms with Crippen LogP contribution in [0.4, 0.5) is 0 Å². The minimum absolute atomic E-state index is 0.159. The summed E-state index contributed by atoms with van der Waals surface area (Å²) in [6, 6.07) is -0.729. The first-order valence-electron chi connectivity index (χ1n) is 7.40. The molecule has 2 fully saturated rings. The van der Waals surface area contributed by atoms with Crippen molar-refractivity contribution in [2.24, 2.45) is 0 Å². The van der Waals surface area contributed by atoms with E-state index in [4.69, 9.17) is 5.11 Å². The van der Waals surface area contributed by atoms with Crippen LogP contribution in [0.15, 0.2) is 0 Å². The molecule has 0 spiro atoms. The number of nitrogens with zero attached hydrogens (tertiary/aromatic N) is 2. The molecule has 0 unspecified atom stereocenters. The molecule has 6 nitrogen and oxygen atoms in total. The number of rotatable bonds is 4. The number of piperazine rings is 1. The molecular weight excluding hydrogens is 260 g/mol. The number of carbonyl (C=O) groups excluding carboxylic acids is 2. The van der Waals surface area contributed by atoms with Gasteiger partial charge in [0.1, 0.15) is 6.04 Å². The van der Waals surface area contributed by atoms with Gasteiger partial charge in [0, 0.05) is 19.1 Å². The molecule has 2 aliphatic rings. The van der Waals surface area contributed by atoms with Crippen LogP contribution in [0.1, 0.15) is 45.4 Å². The van der Waals surface area contributed by atoms with Crippen LogP contribution in [0.2, 0.25) is 0 Å². The lowest BCUT2D eigenvalue weighted by Gasteiger charge is -2.41. The Bertz CT molecular complexity index is 404. The van der Waals surface area contributed by atoms with Crippen molar-refractivity contribution in [2.45, 2.75) is 57.5 Å². The second-order valence-corrected chi connectivity index (χ2v) is 5.55. The van der Waals surface area contributed by atoms with E-state index in [1.165, 1.54) is 11.3 Å². The zero-order valence-electron chi connectivity index (χ0n) is 11.9. The molecule has 0 radical (unpaired) electrons. The summed E-state index contributed by atoms with van der Waals surface area (Å²) in [5.41, 5.74) is 0. The molecule has 2 amide bonds. The van der Waals surface area contributed by atoms with Crippen LogP contribution in [0.3, 0.4) is 0 Å². The van der Waals surface area contributed by atoms with Crippen LogP contribution in [0, 0.1) is 0 Å². The molecule has 112 valence electrons. The smallest absolute Gasteiger partial charge is 0.326 e. The molecule has 2 rings (SSSR count). The van der Waals surface area contributed by atoms with Crippen LogP contribution < -0.4 is 0 Å². The average Bonchev–Trinajstić information content (AvgIpc) is 2.45. The average molecular weight is 282 g/mol. The fourth-order valence-electron chi connectivity index (χ4n) is 3.23. The van der Waals surface area contributed by atoms with Crippen molar-refractivity contribution < 1.29 is 19.5 Å². The number of hydrogen-bond acceptors (Lipinski definition) is 3. The van der Waals surface area contributed by atoms with E-state index >= 15 is 0 Å². The molecule has 1 saturated carbocycles. The van der Waals surface area contributed by atoms with Gasteiger partial charge in [-0.1, -0.05) is 26.2 Å². The van der Waals surface area contributed by atoms with Gasteiger partial charge in [-0.3, -0.25) is 9.59 Å². The summed E-state index contributed by atoms with van der Waals surface area (Å²) in [6.07, 6.45) is 5.61. The molecule has 0 bridgehead atoms. The van der Waals surface area contributed by atoms with Crippen LogP contribution in [-0.4, -0.2) is 57.9 Å². The molecule has 0 aromatic heterocycles. The normalized spacial score (nSPS) is 23.1. The van der Waals surface area contributed by atoms with Gasteiger partial charge in [-0.15, -0.1) is 0 Å². The van der Waals surface area contributed by atoms with Crippen LogP contribution >= 0.6 is 0 Å². The number of carboxylic acid groups (broad SMARTS) is 1. The molecule has 1 heterocycles. The summed E-state index contributed by atoms with van der Waals surface area (Å²) in [6.45, 7) is 2.49. The number of carboxylic acids is 1. The molecular formula is C14H22N2O4. The van der Waals surface area contributed by atoms with Crippen molar-refractivity contribution in [3.05, 3.63) is 0 Å². The molecule has 0 aromatic rings.